The number of aromatic nitrogens is 3. The van der Waals surface area contributed by atoms with Crippen LogP contribution in [0.2, 0.25) is 5.15 Å². The number of aliphatic hydroxyl groups excluding tert-OH is 3. The summed E-state index contributed by atoms with van der Waals surface area (Å²) in [6.07, 6.45) is -0.995. The van der Waals surface area contributed by atoms with Crippen molar-refractivity contribution in [3.05, 3.63) is 23.7 Å². The summed E-state index contributed by atoms with van der Waals surface area (Å²) in [7, 11) is 0. The van der Waals surface area contributed by atoms with Crippen LogP contribution in [0, 0.1) is 0 Å². The minimum atomic E-state index is -1.15. The third-order valence-electron chi connectivity index (χ3n) is 3.25. The molecule has 2 aromatic heterocycles. The van der Waals surface area contributed by atoms with Gasteiger partial charge in [-0.1, -0.05) is 11.6 Å². The van der Waals surface area contributed by atoms with Crippen molar-refractivity contribution in [2.24, 2.45) is 0 Å². The third-order valence-corrected chi connectivity index (χ3v) is 3.55. The Morgan fingerprint density at radius 1 is 1.32 bits per heavy atom. The number of aliphatic hydroxyl groups is 3. The van der Waals surface area contributed by atoms with Crippen molar-refractivity contribution in [2.75, 3.05) is 6.61 Å². The minimum Gasteiger partial charge on any atom is -0.394 e. The normalized spacial score (nSPS) is 31.2. The summed E-state index contributed by atoms with van der Waals surface area (Å²) in [6.45, 7) is -0.371. The van der Waals surface area contributed by atoms with Gasteiger partial charge in [0.15, 0.2) is 6.23 Å². The Morgan fingerprint density at radius 2 is 2.11 bits per heavy atom. The van der Waals surface area contributed by atoms with E-state index in [0.717, 1.165) is 0 Å². The van der Waals surface area contributed by atoms with E-state index in [1.807, 2.05) is 0 Å². The molecule has 1 aliphatic rings. The van der Waals surface area contributed by atoms with Gasteiger partial charge in [-0.05, 0) is 6.07 Å². The molecule has 1 fully saturated rings. The van der Waals surface area contributed by atoms with Gasteiger partial charge in [-0.15, -0.1) is 0 Å². The lowest BCUT2D eigenvalue weighted by atomic mass is 10.1. The van der Waals surface area contributed by atoms with Crippen LogP contribution in [0.5, 0.6) is 0 Å². The Kier molecular flexibility index (Phi) is 3.15. The van der Waals surface area contributed by atoms with Crippen molar-refractivity contribution in [1.82, 2.24) is 14.5 Å². The molecule has 0 bridgehead atoms. The average Bonchev–Trinajstić information content (AvgIpc) is 2.94. The first-order valence-corrected chi connectivity index (χ1v) is 6.10. The number of nitrogens with zero attached hydrogens (tertiary/aromatic N) is 3. The minimum absolute atomic E-state index is 0.301. The predicted molar refractivity (Wildman–Crippen MR) is 65.5 cm³/mol. The van der Waals surface area contributed by atoms with Gasteiger partial charge in [0.05, 0.1) is 12.0 Å². The summed E-state index contributed by atoms with van der Waals surface area (Å²) in [4.78, 5) is 7.95. The molecule has 1 aliphatic heterocycles. The maximum absolute atomic E-state index is 9.98. The Hall–Kier alpha value is -1.25. The number of hydrogen-bond acceptors (Lipinski definition) is 6. The van der Waals surface area contributed by atoms with E-state index in [4.69, 9.17) is 21.4 Å². The van der Waals surface area contributed by atoms with Crippen LogP contribution in [0.3, 0.4) is 0 Å². The Labute approximate surface area is 113 Å². The van der Waals surface area contributed by atoms with Crippen LogP contribution in [0.15, 0.2) is 18.6 Å². The zero-order valence-electron chi connectivity index (χ0n) is 9.72. The van der Waals surface area contributed by atoms with E-state index in [1.54, 1.807) is 16.8 Å². The lowest BCUT2D eigenvalue weighted by Crippen LogP contribution is -2.33. The van der Waals surface area contributed by atoms with Crippen LogP contribution in [0.4, 0.5) is 0 Å². The lowest BCUT2D eigenvalue weighted by Gasteiger charge is -2.17. The standard InChI is InChI=1S/C11H12ClN3O4/c12-9-5-1-2-15(10(5)14-4-13-9)11-8(18)7(17)6(3-16)19-11/h1-2,4,6-8,11,16-18H,3H2/t6-,7-,8+,11-/m1/s1. The molecule has 0 amide bonds. The molecule has 0 spiro atoms. The molecule has 3 rings (SSSR count). The van der Waals surface area contributed by atoms with E-state index in [2.05, 4.69) is 9.97 Å². The second-order valence-corrected chi connectivity index (χ2v) is 4.71. The van der Waals surface area contributed by atoms with E-state index >= 15 is 0 Å². The van der Waals surface area contributed by atoms with Crippen molar-refractivity contribution in [3.8, 4) is 0 Å². The Bertz CT molecular complexity index is 605. The van der Waals surface area contributed by atoms with Gasteiger partial charge in [-0.2, -0.15) is 0 Å². The van der Waals surface area contributed by atoms with Gasteiger partial charge in [0.25, 0.3) is 0 Å². The molecule has 0 unspecified atom stereocenters. The van der Waals surface area contributed by atoms with Crippen molar-refractivity contribution >= 4 is 22.6 Å². The molecule has 7 nitrogen and oxygen atoms in total. The zero-order chi connectivity index (χ0) is 13.6. The first-order chi connectivity index (χ1) is 9.13. The molecule has 1 saturated heterocycles. The van der Waals surface area contributed by atoms with Gasteiger partial charge in [0.1, 0.15) is 35.4 Å². The molecule has 0 aliphatic carbocycles. The summed E-state index contributed by atoms with van der Waals surface area (Å²) in [5, 5.41) is 29.7. The summed E-state index contributed by atoms with van der Waals surface area (Å²) in [5.74, 6) is 0. The molecule has 0 aromatic carbocycles. The first kappa shape index (κ1) is 12.8. The van der Waals surface area contributed by atoms with E-state index in [9.17, 15) is 10.2 Å². The predicted octanol–water partition coefficient (Wildman–Crippen LogP) is -0.304. The summed E-state index contributed by atoms with van der Waals surface area (Å²) >= 11 is 5.94. The molecular formula is C11H12ClN3O4. The topological polar surface area (TPSA) is 101 Å². The fourth-order valence-corrected chi connectivity index (χ4v) is 2.45. The molecule has 8 heteroatoms. The largest absolute Gasteiger partial charge is 0.394 e. The molecule has 0 saturated carbocycles. The Balaban J connectivity index is 2.04. The van der Waals surface area contributed by atoms with E-state index < -0.39 is 24.5 Å². The van der Waals surface area contributed by atoms with Gasteiger partial charge >= 0.3 is 0 Å². The van der Waals surface area contributed by atoms with E-state index in [1.165, 1.54) is 6.33 Å². The highest BCUT2D eigenvalue weighted by molar-refractivity contribution is 6.33. The smallest absolute Gasteiger partial charge is 0.164 e. The second kappa shape index (κ2) is 4.69. The summed E-state index contributed by atoms with van der Waals surface area (Å²) < 4.78 is 7.00. The molecule has 4 atom stereocenters. The fourth-order valence-electron chi connectivity index (χ4n) is 2.26. The highest BCUT2D eigenvalue weighted by Gasteiger charge is 2.43. The molecule has 3 N–H and O–H groups in total. The van der Waals surface area contributed by atoms with Gasteiger partial charge in [0.2, 0.25) is 0 Å². The third kappa shape index (κ3) is 1.90. The molecule has 102 valence electrons. The van der Waals surface area contributed by atoms with Crippen LogP contribution < -0.4 is 0 Å². The maximum atomic E-state index is 9.98. The number of fused-ring (bicyclic) bond motifs is 1. The van der Waals surface area contributed by atoms with Crippen molar-refractivity contribution in [3.63, 3.8) is 0 Å². The molecule has 2 aromatic rings. The molecule has 3 heterocycles. The SMILES string of the molecule is OC[C@H]1O[C@@H](n2ccc3c(Cl)ncnc32)[C@@H](O)[C@@H]1O. The van der Waals surface area contributed by atoms with Gasteiger partial charge in [0, 0.05) is 6.20 Å². The van der Waals surface area contributed by atoms with Crippen LogP contribution in [-0.2, 0) is 4.74 Å². The fraction of sp³-hybridized carbons (Fsp3) is 0.455. The molecule has 19 heavy (non-hydrogen) atoms. The van der Waals surface area contributed by atoms with Crippen molar-refractivity contribution in [1.29, 1.82) is 0 Å². The van der Waals surface area contributed by atoms with Crippen LogP contribution in [0.25, 0.3) is 11.0 Å². The highest BCUT2D eigenvalue weighted by Crippen LogP contribution is 2.32. The quantitative estimate of drug-likeness (QED) is 0.655. The van der Waals surface area contributed by atoms with E-state index in [-0.39, 0.29) is 6.61 Å². The number of hydrogen-bond donors (Lipinski definition) is 3. The first-order valence-electron chi connectivity index (χ1n) is 5.73. The summed E-state index contributed by atoms with van der Waals surface area (Å²) in [6, 6.07) is 1.70. The van der Waals surface area contributed by atoms with Crippen LogP contribution >= 0.6 is 11.6 Å². The maximum Gasteiger partial charge on any atom is 0.164 e. The van der Waals surface area contributed by atoms with E-state index in [0.29, 0.717) is 16.2 Å². The number of ether oxygens (including phenoxy) is 1. The average molecular weight is 286 g/mol. The Morgan fingerprint density at radius 3 is 2.79 bits per heavy atom. The van der Waals surface area contributed by atoms with Gasteiger partial charge in [-0.3, -0.25) is 0 Å². The zero-order valence-corrected chi connectivity index (χ0v) is 10.5. The van der Waals surface area contributed by atoms with Gasteiger partial charge < -0.3 is 24.6 Å². The van der Waals surface area contributed by atoms with Gasteiger partial charge in [-0.25, -0.2) is 9.97 Å². The number of halogens is 1. The lowest BCUT2D eigenvalue weighted by molar-refractivity contribution is -0.0508. The monoisotopic (exact) mass is 285 g/mol. The molecular weight excluding hydrogens is 274 g/mol. The van der Waals surface area contributed by atoms with Crippen LogP contribution in [-0.4, -0.2) is 54.8 Å². The van der Waals surface area contributed by atoms with Crippen molar-refractivity contribution in [2.45, 2.75) is 24.5 Å². The summed E-state index contributed by atoms with van der Waals surface area (Å²) in [5.41, 5.74) is 0.495. The van der Waals surface area contributed by atoms with Crippen LogP contribution in [0.1, 0.15) is 6.23 Å². The molecule has 0 radical (unpaired) electrons. The highest BCUT2D eigenvalue weighted by atomic mass is 35.5. The number of rotatable bonds is 2. The van der Waals surface area contributed by atoms with Crippen molar-refractivity contribution < 1.29 is 20.1 Å². The second-order valence-electron chi connectivity index (χ2n) is 4.35.